The molecule has 0 spiro atoms. The first kappa shape index (κ1) is 16.8. The van der Waals surface area contributed by atoms with Crippen LogP contribution in [0.5, 0.6) is 0 Å². The van der Waals surface area contributed by atoms with Gasteiger partial charge in [-0.1, -0.05) is 58.5 Å². The maximum Gasteiger partial charge on any atom is 0.0148 e. The summed E-state index contributed by atoms with van der Waals surface area (Å²) in [5.74, 6) is 4.15. The highest BCUT2D eigenvalue weighted by atomic mass is 79.9. The maximum atomic E-state index is 3.98. The van der Waals surface area contributed by atoms with Crippen molar-refractivity contribution in [2.75, 3.05) is 0 Å². The fourth-order valence-electron chi connectivity index (χ4n) is 6.70. The van der Waals surface area contributed by atoms with Gasteiger partial charge in [0.1, 0.15) is 0 Å². The van der Waals surface area contributed by atoms with Crippen LogP contribution in [-0.4, -0.2) is 9.65 Å². The predicted molar refractivity (Wildman–Crippen MR) is 99.3 cm³/mol. The lowest BCUT2D eigenvalue weighted by Crippen LogP contribution is -2.38. The van der Waals surface area contributed by atoms with E-state index < -0.39 is 0 Å². The molecule has 3 aliphatic rings. The van der Waals surface area contributed by atoms with E-state index in [2.05, 4.69) is 45.7 Å². The van der Waals surface area contributed by atoms with Crippen LogP contribution in [0.15, 0.2) is 0 Å². The first-order valence-electron chi connectivity index (χ1n) is 9.40. The van der Waals surface area contributed by atoms with Gasteiger partial charge in [-0.3, -0.25) is 0 Å². The highest BCUT2D eigenvalue weighted by Crippen LogP contribution is 2.67. The van der Waals surface area contributed by atoms with Crippen LogP contribution >= 0.6 is 31.9 Å². The average Bonchev–Trinajstić information content (AvgIpc) is 2.70. The Morgan fingerprint density at radius 1 is 0.762 bits per heavy atom. The topological polar surface area (TPSA) is 0 Å². The number of rotatable bonds is 4. The van der Waals surface area contributed by atoms with Crippen molar-refractivity contribution in [2.45, 2.75) is 87.7 Å². The molecule has 0 saturated heterocycles. The SMILES string of the molecule is CCCC1(CCC)C2CC(Br)CCC2C2CCC(Br)CC21. The van der Waals surface area contributed by atoms with Crippen LogP contribution in [-0.2, 0) is 0 Å². The highest BCUT2D eigenvalue weighted by Gasteiger charge is 2.60. The van der Waals surface area contributed by atoms with Crippen molar-refractivity contribution in [2.24, 2.45) is 29.1 Å². The lowest BCUT2D eigenvalue weighted by molar-refractivity contribution is 0.0595. The van der Waals surface area contributed by atoms with Crippen molar-refractivity contribution in [3.8, 4) is 0 Å². The van der Waals surface area contributed by atoms with E-state index in [0.29, 0.717) is 5.41 Å². The van der Waals surface area contributed by atoms with Crippen LogP contribution in [0.3, 0.4) is 0 Å². The zero-order chi connectivity index (χ0) is 15.0. The minimum Gasteiger partial charge on any atom is -0.0891 e. The smallest absolute Gasteiger partial charge is 0.0148 e. The lowest BCUT2D eigenvalue weighted by Gasteiger charge is -2.45. The summed E-state index contributed by atoms with van der Waals surface area (Å²) < 4.78 is 0. The number of hydrogen-bond acceptors (Lipinski definition) is 0. The van der Waals surface area contributed by atoms with E-state index in [9.17, 15) is 0 Å². The summed E-state index contributed by atoms with van der Waals surface area (Å²) in [7, 11) is 0. The van der Waals surface area contributed by atoms with Gasteiger partial charge in [-0.2, -0.15) is 0 Å². The van der Waals surface area contributed by atoms with Crippen LogP contribution in [0.4, 0.5) is 0 Å². The van der Waals surface area contributed by atoms with Gasteiger partial charge in [0, 0.05) is 9.65 Å². The Morgan fingerprint density at radius 2 is 1.19 bits per heavy atom. The van der Waals surface area contributed by atoms with E-state index in [-0.39, 0.29) is 0 Å². The Hall–Kier alpha value is 0.960. The van der Waals surface area contributed by atoms with E-state index in [4.69, 9.17) is 0 Å². The summed E-state index contributed by atoms with van der Waals surface area (Å²) in [6.45, 7) is 4.84. The molecule has 3 saturated carbocycles. The normalized spacial score (nSPS) is 45.1. The number of fused-ring (bicyclic) bond motifs is 3. The summed E-state index contributed by atoms with van der Waals surface area (Å²) >= 11 is 7.96. The maximum absolute atomic E-state index is 3.98. The average molecular weight is 420 g/mol. The molecule has 0 aromatic heterocycles. The molecule has 0 aliphatic heterocycles. The van der Waals surface area contributed by atoms with Gasteiger partial charge in [0.25, 0.3) is 0 Å². The monoisotopic (exact) mass is 418 g/mol. The molecule has 0 heterocycles. The Labute approximate surface area is 148 Å². The third-order valence-corrected chi connectivity index (χ3v) is 8.80. The predicted octanol–water partition coefficient (Wildman–Crippen LogP) is 6.95. The molecule has 0 radical (unpaired) electrons. The molecule has 3 fully saturated rings. The quantitative estimate of drug-likeness (QED) is 0.432. The Kier molecular flexibility index (Phi) is 5.47. The van der Waals surface area contributed by atoms with E-state index in [1.165, 1.54) is 64.2 Å². The Balaban J connectivity index is 1.95. The largest absolute Gasteiger partial charge is 0.0891 e. The second-order valence-corrected chi connectivity index (χ2v) is 10.7. The second kappa shape index (κ2) is 6.83. The van der Waals surface area contributed by atoms with Crippen molar-refractivity contribution < 1.29 is 0 Å². The van der Waals surface area contributed by atoms with Crippen molar-refractivity contribution >= 4 is 31.9 Å². The number of alkyl halides is 2. The molecule has 0 nitrogen and oxygen atoms in total. The van der Waals surface area contributed by atoms with Gasteiger partial charge in [0.15, 0.2) is 0 Å². The third-order valence-electron chi connectivity index (χ3n) is 7.14. The van der Waals surface area contributed by atoms with Crippen molar-refractivity contribution in [1.82, 2.24) is 0 Å². The van der Waals surface area contributed by atoms with Crippen LogP contribution < -0.4 is 0 Å². The molecule has 0 aromatic carbocycles. The molecule has 3 aliphatic carbocycles. The molecule has 6 atom stereocenters. The lowest BCUT2D eigenvalue weighted by atomic mass is 9.61. The number of hydrogen-bond donors (Lipinski definition) is 0. The Morgan fingerprint density at radius 3 is 1.57 bits per heavy atom. The standard InChI is InChI=1S/C19H32Br2/c1-3-9-19(10-4-2)17-11-13(20)5-7-15(17)16-8-6-14(21)12-18(16)19/h13-18H,3-12H2,1-2H3. The van der Waals surface area contributed by atoms with Crippen LogP contribution in [0.2, 0.25) is 0 Å². The molecule has 0 bridgehead atoms. The zero-order valence-corrected chi connectivity index (χ0v) is 17.0. The van der Waals surface area contributed by atoms with Crippen LogP contribution in [0.25, 0.3) is 0 Å². The molecule has 0 N–H and O–H groups in total. The zero-order valence-electron chi connectivity index (χ0n) is 13.8. The summed E-state index contributed by atoms with van der Waals surface area (Å²) in [4.78, 5) is 1.60. The van der Waals surface area contributed by atoms with E-state index in [1.54, 1.807) is 0 Å². The van der Waals surface area contributed by atoms with Gasteiger partial charge in [0.2, 0.25) is 0 Å². The minimum absolute atomic E-state index is 0.678. The van der Waals surface area contributed by atoms with Gasteiger partial charge >= 0.3 is 0 Å². The van der Waals surface area contributed by atoms with Crippen LogP contribution in [0, 0.1) is 29.1 Å². The summed E-state index contributed by atoms with van der Waals surface area (Å²) in [6, 6.07) is 0. The molecular formula is C19H32Br2. The van der Waals surface area contributed by atoms with Crippen molar-refractivity contribution in [3.05, 3.63) is 0 Å². The fourth-order valence-corrected chi connectivity index (χ4v) is 8.04. The van der Waals surface area contributed by atoms with Gasteiger partial charge in [-0.15, -0.1) is 0 Å². The van der Waals surface area contributed by atoms with Crippen molar-refractivity contribution in [1.29, 1.82) is 0 Å². The minimum atomic E-state index is 0.678. The summed E-state index contributed by atoms with van der Waals surface area (Å²) in [6.07, 6.45) is 14.5. The molecular weight excluding hydrogens is 388 g/mol. The molecule has 0 amide bonds. The van der Waals surface area contributed by atoms with E-state index >= 15 is 0 Å². The van der Waals surface area contributed by atoms with Gasteiger partial charge in [-0.05, 0) is 80.5 Å². The first-order valence-corrected chi connectivity index (χ1v) is 11.2. The molecule has 122 valence electrons. The van der Waals surface area contributed by atoms with Gasteiger partial charge < -0.3 is 0 Å². The molecule has 6 unspecified atom stereocenters. The summed E-state index contributed by atoms with van der Waals surface area (Å²) in [5, 5.41) is 0. The number of halogens is 2. The van der Waals surface area contributed by atoms with Gasteiger partial charge in [-0.25, -0.2) is 0 Å². The summed E-state index contributed by atoms with van der Waals surface area (Å²) in [5.41, 5.74) is 0.678. The van der Waals surface area contributed by atoms with Gasteiger partial charge in [0.05, 0.1) is 0 Å². The van der Waals surface area contributed by atoms with E-state index in [0.717, 1.165) is 33.3 Å². The highest BCUT2D eigenvalue weighted by molar-refractivity contribution is 9.09. The molecule has 0 aromatic rings. The van der Waals surface area contributed by atoms with Crippen LogP contribution in [0.1, 0.15) is 78.1 Å². The molecule has 3 rings (SSSR count). The second-order valence-electron chi connectivity index (χ2n) is 8.09. The molecule has 21 heavy (non-hydrogen) atoms. The fraction of sp³-hybridized carbons (Fsp3) is 1.00. The molecule has 2 heteroatoms. The Bertz CT molecular complexity index is 319. The third kappa shape index (κ3) is 2.90. The first-order chi connectivity index (χ1) is 10.1. The van der Waals surface area contributed by atoms with Crippen molar-refractivity contribution in [3.63, 3.8) is 0 Å². The van der Waals surface area contributed by atoms with E-state index in [1.807, 2.05) is 0 Å².